The first-order valence-electron chi connectivity index (χ1n) is 7.93. The van der Waals surface area contributed by atoms with E-state index in [4.69, 9.17) is 9.47 Å². The number of thiazole rings is 1. The Morgan fingerprint density at radius 1 is 1.27 bits per heavy atom. The van der Waals surface area contributed by atoms with Gasteiger partial charge in [-0.25, -0.2) is 9.37 Å². The van der Waals surface area contributed by atoms with E-state index in [1.807, 2.05) is 6.07 Å². The summed E-state index contributed by atoms with van der Waals surface area (Å²) in [5, 5.41) is 0.383. The maximum atomic E-state index is 14.0. The second-order valence-electron chi connectivity index (χ2n) is 5.54. The van der Waals surface area contributed by atoms with Gasteiger partial charge >= 0.3 is 0 Å². The molecule has 6 nitrogen and oxygen atoms in total. The van der Waals surface area contributed by atoms with E-state index in [1.165, 1.54) is 28.6 Å². The molecule has 3 aromatic rings. The fourth-order valence-electron chi connectivity index (χ4n) is 2.53. The number of anilines is 1. The number of carbonyl (C=O) groups excluding carboxylic acids is 1. The number of hydrogen-bond donors (Lipinski definition) is 0. The molecule has 1 aliphatic rings. The van der Waals surface area contributed by atoms with E-state index in [0.29, 0.717) is 23.0 Å². The molecule has 26 heavy (non-hydrogen) atoms. The largest absolute Gasteiger partial charge is 0.494 e. The van der Waals surface area contributed by atoms with Crippen LogP contribution in [-0.4, -0.2) is 29.1 Å². The number of benzene rings is 1. The first-order chi connectivity index (χ1) is 12.7. The predicted octanol–water partition coefficient (Wildman–Crippen LogP) is 3.25. The van der Waals surface area contributed by atoms with Crippen LogP contribution >= 0.6 is 11.3 Å². The summed E-state index contributed by atoms with van der Waals surface area (Å²) in [6.45, 7) is 0.924. The minimum absolute atomic E-state index is 0.0971. The third-order valence-electron chi connectivity index (χ3n) is 3.76. The van der Waals surface area contributed by atoms with Crippen molar-refractivity contribution in [3.63, 3.8) is 0 Å². The van der Waals surface area contributed by atoms with Crippen molar-refractivity contribution in [2.75, 3.05) is 18.1 Å². The zero-order chi connectivity index (χ0) is 17.9. The molecule has 4 rings (SSSR count). The molecular formula is C18H14FN3O3S. The first-order valence-corrected chi connectivity index (χ1v) is 8.74. The van der Waals surface area contributed by atoms with Crippen molar-refractivity contribution in [2.24, 2.45) is 0 Å². The minimum Gasteiger partial charge on any atom is -0.494 e. The Balaban J connectivity index is 1.74. The van der Waals surface area contributed by atoms with E-state index >= 15 is 0 Å². The highest BCUT2D eigenvalue weighted by molar-refractivity contribution is 7.22. The van der Waals surface area contributed by atoms with Crippen LogP contribution in [0.25, 0.3) is 10.2 Å². The number of carbonyl (C=O) groups is 1. The molecule has 0 radical (unpaired) electrons. The van der Waals surface area contributed by atoms with Gasteiger partial charge in [0.25, 0.3) is 5.91 Å². The third-order valence-corrected chi connectivity index (χ3v) is 4.80. The molecule has 1 aromatic carbocycles. The maximum Gasteiger partial charge on any atom is 0.298 e. The number of para-hydroxylation sites is 1. The first kappa shape index (κ1) is 16.5. The van der Waals surface area contributed by atoms with Crippen LogP contribution in [0.2, 0.25) is 0 Å². The van der Waals surface area contributed by atoms with E-state index in [0.717, 1.165) is 5.56 Å². The van der Waals surface area contributed by atoms with Gasteiger partial charge < -0.3 is 9.47 Å². The Morgan fingerprint density at radius 2 is 2.19 bits per heavy atom. The highest BCUT2D eigenvalue weighted by Crippen LogP contribution is 2.32. The fraction of sp³-hybridized carbons (Fsp3) is 0.167. The summed E-state index contributed by atoms with van der Waals surface area (Å²) in [4.78, 5) is 22.8. The number of amides is 1. The number of fused-ring (bicyclic) bond motifs is 1. The summed E-state index contributed by atoms with van der Waals surface area (Å²) < 4.78 is 25.3. The van der Waals surface area contributed by atoms with Gasteiger partial charge in [0.2, 0.25) is 5.76 Å². The SMILES string of the molecule is O=C(C1=COCCO1)N(Cc1cccnc1)c1nc2c(F)cccc2s1. The van der Waals surface area contributed by atoms with Crippen LogP contribution in [0, 0.1) is 5.82 Å². The average Bonchev–Trinajstić information content (AvgIpc) is 3.12. The lowest BCUT2D eigenvalue weighted by molar-refractivity contribution is -0.119. The van der Waals surface area contributed by atoms with Crippen molar-refractivity contribution in [3.8, 4) is 0 Å². The van der Waals surface area contributed by atoms with E-state index < -0.39 is 11.7 Å². The maximum absolute atomic E-state index is 14.0. The van der Waals surface area contributed by atoms with Crippen molar-refractivity contribution < 1.29 is 18.7 Å². The molecule has 3 heterocycles. The van der Waals surface area contributed by atoms with Crippen LogP contribution in [0.15, 0.2) is 54.7 Å². The van der Waals surface area contributed by atoms with Crippen LogP contribution in [0.4, 0.5) is 9.52 Å². The van der Waals surface area contributed by atoms with Crippen LogP contribution in [0.5, 0.6) is 0 Å². The number of nitrogens with zero attached hydrogens (tertiary/aromatic N) is 3. The molecule has 0 unspecified atom stereocenters. The van der Waals surface area contributed by atoms with Gasteiger partial charge in [0.05, 0.1) is 11.2 Å². The van der Waals surface area contributed by atoms with Gasteiger partial charge in [0.15, 0.2) is 5.13 Å². The van der Waals surface area contributed by atoms with Gasteiger partial charge in [0, 0.05) is 12.4 Å². The average molecular weight is 371 g/mol. The summed E-state index contributed by atoms with van der Waals surface area (Å²) in [7, 11) is 0. The van der Waals surface area contributed by atoms with Gasteiger partial charge in [0.1, 0.15) is 30.8 Å². The van der Waals surface area contributed by atoms with Crippen molar-refractivity contribution >= 4 is 32.6 Å². The van der Waals surface area contributed by atoms with Gasteiger partial charge in [-0.15, -0.1) is 0 Å². The Labute approximate surface area is 152 Å². The molecule has 0 N–H and O–H groups in total. The molecule has 8 heteroatoms. The number of rotatable bonds is 4. The Bertz CT molecular complexity index is 974. The molecule has 1 amide bonds. The number of ether oxygens (including phenoxy) is 2. The van der Waals surface area contributed by atoms with Crippen molar-refractivity contribution in [3.05, 3.63) is 66.1 Å². The van der Waals surface area contributed by atoms with Crippen LogP contribution in [0.3, 0.4) is 0 Å². The smallest absolute Gasteiger partial charge is 0.298 e. The molecule has 0 bridgehead atoms. The lowest BCUT2D eigenvalue weighted by Gasteiger charge is -2.23. The van der Waals surface area contributed by atoms with Gasteiger partial charge in [-0.2, -0.15) is 0 Å². The molecule has 0 spiro atoms. The molecule has 0 saturated heterocycles. The summed E-state index contributed by atoms with van der Waals surface area (Å²) in [5.41, 5.74) is 1.06. The monoisotopic (exact) mass is 371 g/mol. The normalized spacial score (nSPS) is 13.7. The van der Waals surface area contributed by atoms with Crippen LogP contribution < -0.4 is 4.90 Å². The molecule has 132 valence electrons. The summed E-state index contributed by atoms with van der Waals surface area (Å²) in [6, 6.07) is 8.38. The molecule has 1 aliphatic heterocycles. The van der Waals surface area contributed by atoms with Crippen LogP contribution in [-0.2, 0) is 20.8 Å². The Kier molecular flexibility index (Phi) is 4.49. The number of pyridine rings is 1. The van der Waals surface area contributed by atoms with Crippen molar-refractivity contribution in [2.45, 2.75) is 6.54 Å². The summed E-state index contributed by atoms with van der Waals surface area (Å²) in [6.07, 6.45) is 4.63. The van der Waals surface area contributed by atoms with Gasteiger partial charge in [-0.1, -0.05) is 23.5 Å². The lowest BCUT2D eigenvalue weighted by atomic mass is 10.2. The highest BCUT2D eigenvalue weighted by Gasteiger charge is 2.27. The second-order valence-corrected chi connectivity index (χ2v) is 6.55. The number of halogens is 1. The van der Waals surface area contributed by atoms with Crippen molar-refractivity contribution in [1.29, 1.82) is 0 Å². The zero-order valence-electron chi connectivity index (χ0n) is 13.6. The topological polar surface area (TPSA) is 64.6 Å². The quantitative estimate of drug-likeness (QED) is 0.704. The van der Waals surface area contributed by atoms with E-state index in [-0.39, 0.29) is 17.8 Å². The standard InChI is InChI=1S/C18H14FN3O3S/c19-13-4-1-5-15-16(13)21-18(26-15)22(10-12-3-2-6-20-9-12)17(23)14-11-24-7-8-25-14/h1-6,9,11H,7-8,10H2. The highest BCUT2D eigenvalue weighted by atomic mass is 32.1. The second kappa shape index (κ2) is 7.09. The summed E-state index contributed by atoms with van der Waals surface area (Å²) >= 11 is 1.24. The predicted molar refractivity (Wildman–Crippen MR) is 95.0 cm³/mol. The molecule has 0 aliphatic carbocycles. The third kappa shape index (κ3) is 3.23. The van der Waals surface area contributed by atoms with E-state index in [2.05, 4.69) is 9.97 Å². The molecular weight excluding hydrogens is 357 g/mol. The molecule has 0 atom stereocenters. The Morgan fingerprint density at radius 3 is 2.92 bits per heavy atom. The molecule has 2 aromatic heterocycles. The summed E-state index contributed by atoms with van der Waals surface area (Å²) in [5.74, 6) is -0.719. The minimum atomic E-state index is -0.421. The molecule has 0 fully saturated rings. The van der Waals surface area contributed by atoms with E-state index in [9.17, 15) is 9.18 Å². The zero-order valence-corrected chi connectivity index (χ0v) is 14.4. The van der Waals surface area contributed by atoms with Gasteiger partial charge in [-0.3, -0.25) is 14.7 Å². The number of hydrogen-bond acceptors (Lipinski definition) is 6. The molecule has 0 saturated carbocycles. The van der Waals surface area contributed by atoms with Gasteiger partial charge in [-0.05, 0) is 23.8 Å². The van der Waals surface area contributed by atoms with Crippen LogP contribution in [0.1, 0.15) is 5.56 Å². The fourth-order valence-corrected chi connectivity index (χ4v) is 3.51. The Hall–Kier alpha value is -3.00. The number of aromatic nitrogens is 2. The van der Waals surface area contributed by atoms with E-state index in [1.54, 1.807) is 30.6 Å². The van der Waals surface area contributed by atoms with Crippen molar-refractivity contribution in [1.82, 2.24) is 9.97 Å². The lowest BCUT2D eigenvalue weighted by Crippen LogP contribution is -2.33.